The van der Waals surface area contributed by atoms with Crippen molar-refractivity contribution in [1.29, 1.82) is 0 Å². The van der Waals surface area contributed by atoms with Crippen molar-refractivity contribution in [2.24, 2.45) is 5.73 Å². The van der Waals surface area contributed by atoms with Gasteiger partial charge in [-0.3, -0.25) is 0 Å². The summed E-state index contributed by atoms with van der Waals surface area (Å²) in [5, 5.41) is 0. The lowest BCUT2D eigenvalue weighted by atomic mass is 10.1. The number of nitrogens with two attached hydrogens (primary N) is 1. The number of hydrogen-bond donors (Lipinski definition) is 1. The summed E-state index contributed by atoms with van der Waals surface area (Å²) in [5.41, 5.74) is 8.95. The van der Waals surface area contributed by atoms with Gasteiger partial charge < -0.3 is 10.6 Å². The minimum absolute atomic E-state index is 0.200. The molecule has 2 N–H and O–H groups in total. The zero-order valence-electron chi connectivity index (χ0n) is 11.8. The molecule has 3 heteroatoms. The lowest BCUT2D eigenvalue weighted by molar-refractivity contribution is 0.625. The van der Waals surface area contributed by atoms with Crippen LogP contribution in [0.4, 0.5) is 10.1 Å². The van der Waals surface area contributed by atoms with Gasteiger partial charge in [-0.15, -0.1) is 0 Å². The highest BCUT2D eigenvalue weighted by atomic mass is 19.1. The Kier molecular flexibility index (Phi) is 5.13. The molecule has 0 heterocycles. The molecule has 0 atom stereocenters. The first-order valence-corrected chi connectivity index (χ1v) is 6.94. The van der Waals surface area contributed by atoms with Crippen LogP contribution >= 0.6 is 0 Å². The highest BCUT2D eigenvalue weighted by Gasteiger charge is 2.08. The fourth-order valence-electron chi connectivity index (χ4n) is 2.34. The summed E-state index contributed by atoms with van der Waals surface area (Å²) in [4.78, 5) is 2.16. The van der Waals surface area contributed by atoms with Crippen molar-refractivity contribution in [3.8, 4) is 0 Å². The lowest BCUT2D eigenvalue weighted by Gasteiger charge is -2.22. The summed E-state index contributed by atoms with van der Waals surface area (Å²) in [5.74, 6) is -0.200. The lowest BCUT2D eigenvalue weighted by Crippen LogP contribution is -2.22. The fourth-order valence-corrected chi connectivity index (χ4v) is 2.34. The van der Waals surface area contributed by atoms with E-state index in [4.69, 9.17) is 5.73 Å². The first-order valence-electron chi connectivity index (χ1n) is 6.94. The smallest absolute Gasteiger partial charge is 0.123 e. The molecule has 2 aromatic carbocycles. The van der Waals surface area contributed by atoms with Gasteiger partial charge in [0.05, 0.1) is 0 Å². The summed E-state index contributed by atoms with van der Waals surface area (Å²) in [7, 11) is 2.04. The topological polar surface area (TPSA) is 29.3 Å². The molecule has 0 radical (unpaired) electrons. The van der Waals surface area contributed by atoms with Gasteiger partial charge in [-0.25, -0.2) is 4.39 Å². The third kappa shape index (κ3) is 3.81. The third-order valence-electron chi connectivity index (χ3n) is 3.45. The summed E-state index contributed by atoms with van der Waals surface area (Å²) in [6.45, 7) is 1.43. The fraction of sp³-hybridized carbons (Fsp3) is 0.294. The Morgan fingerprint density at radius 1 is 1.05 bits per heavy atom. The van der Waals surface area contributed by atoms with Gasteiger partial charge >= 0.3 is 0 Å². The van der Waals surface area contributed by atoms with Crippen molar-refractivity contribution in [3.63, 3.8) is 0 Å². The van der Waals surface area contributed by atoms with E-state index in [0.29, 0.717) is 13.0 Å². The number of halogens is 1. The summed E-state index contributed by atoms with van der Waals surface area (Å²) >= 11 is 0. The van der Waals surface area contributed by atoms with Crippen LogP contribution in [0.1, 0.15) is 11.1 Å². The maximum absolute atomic E-state index is 13.3. The second-order valence-corrected chi connectivity index (χ2v) is 4.97. The maximum atomic E-state index is 13.3. The maximum Gasteiger partial charge on any atom is 0.123 e. The molecule has 106 valence electrons. The minimum atomic E-state index is -0.200. The van der Waals surface area contributed by atoms with Crippen molar-refractivity contribution in [2.45, 2.75) is 12.8 Å². The molecule has 0 bridgehead atoms. The van der Waals surface area contributed by atoms with Crippen molar-refractivity contribution >= 4 is 5.69 Å². The van der Waals surface area contributed by atoms with Crippen molar-refractivity contribution in [3.05, 3.63) is 65.5 Å². The van der Waals surface area contributed by atoms with Gasteiger partial charge in [0.2, 0.25) is 0 Å². The SMILES string of the molecule is CN(CCc1ccccc1)c1ccc(F)cc1CCN. The number of nitrogens with zero attached hydrogens (tertiary/aromatic N) is 1. The van der Waals surface area contributed by atoms with Crippen LogP contribution in [0.3, 0.4) is 0 Å². The summed E-state index contributed by atoms with van der Waals surface area (Å²) in [6, 6.07) is 15.3. The zero-order valence-corrected chi connectivity index (χ0v) is 11.8. The Morgan fingerprint density at radius 3 is 2.50 bits per heavy atom. The molecule has 20 heavy (non-hydrogen) atoms. The number of likely N-dealkylation sites (N-methyl/N-ethyl adjacent to an activating group) is 1. The molecular weight excluding hydrogens is 251 g/mol. The first-order chi connectivity index (χ1) is 9.70. The molecule has 2 aromatic rings. The predicted molar refractivity (Wildman–Crippen MR) is 82.6 cm³/mol. The monoisotopic (exact) mass is 272 g/mol. The van der Waals surface area contributed by atoms with Crippen LogP contribution in [0.5, 0.6) is 0 Å². The molecule has 0 aliphatic rings. The van der Waals surface area contributed by atoms with E-state index in [1.807, 2.05) is 31.3 Å². The van der Waals surface area contributed by atoms with Crippen LogP contribution in [0.2, 0.25) is 0 Å². The van der Waals surface area contributed by atoms with Gasteiger partial charge in [0.15, 0.2) is 0 Å². The molecule has 0 fully saturated rings. The highest BCUT2D eigenvalue weighted by molar-refractivity contribution is 5.53. The summed E-state index contributed by atoms with van der Waals surface area (Å²) in [6.07, 6.45) is 1.67. The van der Waals surface area contributed by atoms with Gasteiger partial charge in [0.25, 0.3) is 0 Å². The van der Waals surface area contributed by atoms with E-state index in [9.17, 15) is 4.39 Å². The third-order valence-corrected chi connectivity index (χ3v) is 3.45. The zero-order chi connectivity index (χ0) is 14.4. The molecule has 0 saturated carbocycles. The standard InChI is InChI=1S/C17H21FN2/c1-20(12-10-14-5-3-2-4-6-14)17-8-7-16(18)13-15(17)9-11-19/h2-8,13H,9-12,19H2,1H3. The van der Waals surface area contributed by atoms with E-state index in [1.165, 1.54) is 11.6 Å². The quantitative estimate of drug-likeness (QED) is 0.876. The average molecular weight is 272 g/mol. The van der Waals surface area contributed by atoms with Crippen molar-refractivity contribution in [2.75, 3.05) is 25.0 Å². The molecule has 0 aromatic heterocycles. The number of hydrogen-bond acceptors (Lipinski definition) is 2. The molecule has 0 spiro atoms. The molecule has 2 rings (SSSR count). The Bertz CT molecular complexity index is 540. The van der Waals surface area contributed by atoms with Gasteiger partial charge in [-0.1, -0.05) is 30.3 Å². The largest absolute Gasteiger partial charge is 0.374 e. The number of anilines is 1. The van der Waals surface area contributed by atoms with E-state index < -0.39 is 0 Å². The van der Waals surface area contributed by atoms with Crippen LogP contribution < -0.4 is 10.6 Å². The van der Waals surface area contributed by atoms with E-state index in [-0.39, 0.29) is 5.82 Å². The molecule has 0 unspecified atom stereocenters. The van der Waals surface area contributed by atoms with E-state index in [0.717, 1.165) is 24.2 Å². The number of rotatable bonds is 6. The van der Waals surface area contributed by atoms with Crippen LogP contribution in [-0.2, 0) is 12.8 Å². The van der Waals surface area contributed by atoms with Crippen LogP contribution in [-0.4, -0.2) is 20.1 Å². The van der Waals surface area contributed by atoms with Crippen LogP contribution in [0.25, 0.3) is 0 Å². The van der Waals surface area contributed by atoms with Gasteiger partial charge in [-0.05, 0) is 48.7 Å². The van der Waals surface area contributed by atoms with E-state index in [2.05, 4.69) is 17.0 Å². The second-order valence-electron chi connectivity index (χ2n) is 4.97. The molecule has 0 saturated heterocycles. The molecule has 0 aliphatic heterocycles. The first kappa shape index (κ1) is 14.5. The Labute approximate surface area is 120 Å². The summed E-state index contributed by atoms with van der Waals surface area (Å²) < 4.78 is 13.3. The van der Waals surface area contributed by atoms with Gasteiger partial charge in [0.1, 0.15) is 5.82 Å². The molecule has 2 nitrogen and oxygen atoms in total. The average Bonchev–Trinajstić information content (AvgIpc) is 2.46. The molecular formula is C17H21FN2. The van der Waals surface area contributed by atoms with Gasteiger partial charge in [-0.2, -0.15) is 0 Å². The molecule has 0 amide bonds. The van der Waals surface area contributed by atoms with Crippen LogP contribution in [0.15, 0.2) is 48.5 Å². The number of benzene rings is 2. The normalized spacial score (nSPS) is 10.6. The van der Waals surface area contributed by atoms with Crippen molar-refractivity contribution in [1.82, 2.24) is 0 Å². The van der Waals surface area contributed by atoms with E-state index in [1.54, 1.807) is 6.07 Å². The second kappa shape index (κ2) is 7.06. The molecule has 0 aliphatic carbocycles. The van der Waals surface area contributed by atoms with Crippen LogP contribution in [0, 0.1) is 5.82 Å². The Balaban J connectivity index is 2.06. The van der Waals surface area contributed by atoms with E-state index >= 15 is 0 Å². The minimum Gasteiger partial charge on any atom is -0.374 e. The predicted octanol–water partition coefficient (Wildman–Crippen LogP) is 3.01. The highest BCUT2D eigenvalue weighted by Crippen LogP contribution is 2.21. The van der Waals surface area contributed by atoms with Crippen molar-refractivity contribution < 1.29 is 4.39 Å². The van der Waals surface area contributed by atoms with Gasteiger partial charge in [0, 0.05) is 19.3 Å². The Hall–Kier alpha value is -1.87. The Morgan fingerprint density at radius 2 is 1.80 bits per heavy atom.